The second-order valence-corrected chi connectivity index (χ2v) is 5.61. The molecule has 1 unspecified atom stereocenters. The fraction of sp³-hybridized carbons (Fsp3) is 0.615. The van der Waals surface area contributed by atoms with Crippen molar-refractivity contribution in [3.63, 3.8) is 0 Å². The maximum absolute atomic E-state index is 5.78. The van der Waals surface area contributed by atoms with Crippen molar-refractivity contribution >= 4 is 23.0 Å². The Kier molecular flexibility index (Phi) is 5.02. The van der Waals surface area contributed by atoms with Gasteiger partial charge in [-0.3, -0.25) is 0 Å². The number of rotatable bonds is 5. The fourth-order valence-electron chi connectivity index (χ4n) is 2.01. The van der Waals surface area contributed by atoms with Crippen LogP contribution in [-0.2, 0) is 0 Å². The Bertz CT molecular complexity index is 443. The highest BCUT2D eigenvalue weighted by molar-refractivity contribution is 7.80. The summed E-state index contributed by atoms with van der Waals surface area (Å²) in [6, 6.07) is 0.314. The molecule has 0 saturated heterocycles. The quantitative estimate of drug-likeness (QED) is 0.802. The molecule has 0 spiro atoms. The van der Waals surface area contributed by atoms with Crippen molar-refractivity contribution in [1.29, 1.82) is 0 Å². The Balaban J connectivity index is 3.02. The van der Waals surface area contributed by atoms with E-state index in [0.717, 1.165) is 23.2 Å². The lowest BCUT2D eigenvalue weighted by Gasteiger charge is -2.19. The van der Waals surface area contributed by atoms with Crippen LogP contribution in [0.15, 0.2) is 0 Å². The largest absolute Gasteiger partial charge is 0.389 e. The van der Waals surface area contributed by atoms with Crippen LogP contribution >= 0.6 is 12.2 Å². The third kappa shape index (κ3) is 3.63. The molecule has 5 heteroatoms. The van der Waals surface area contributed by atoms with Gasteiger partial charge in [-0.15, -0.1) is 5.10 Å². The molecule has 0 saturated carbocycles. The molecule has 4 nitrogen and oxygen atoms in total. The number of nitrogens with two attached hydrogens (primary N) is 1. The molecule has 0 fully saturated rings. The summed E-state index contributed by atoms with van der Waals surface area (Å²) < 4.78 is 0. The van der Waals surface area contributed by atoms with Gasteiger partial charge in [0.25, 0.3) is 0 Å². The van der Waals surface area contributed by atoms with Gasteiger partial charge in [0.1, 0.15) is 4.99 Å². The zero-order valence-electron chi connectivity index (χ0n) is 11.7. The highest BCUT2D eigenvalue weighted by atomic mass is 32.1. The van der Waals surface area contributed by atoms with Crippen LogP contribution in [0.25, 0.3) is 0 Å². The van der Waals surface area contributed by atoms with Crippen molar-refractivity contribution in [2.24, 2.45) is 11.7 Å². The topological polar surface area (TPSA) is 63.8 Å². The molecular formula is C13H22N4S. The number of hydrogen-bond donors (Lipinski definition) is 2. The lowest BCUT2D eigenvalue weighted by Crippen LogP contribution is -2.23. The monoisotopic (exact) mass is 266 g/mol. The van der Waals surface area contributed by atoms with Crippen LogP contribution < -0.4 is 11.1 Å². The van der Waals surface area contributed by atoms with Gasteiger partial charge in [-0.25, -0.2) is 0 Å². The van der Waals surface area contributed by atoms with Crippen LogP contribution in [0.3, 0.4) is 0 Å². The minimum Gasteiger partial charge on any atom is -0.389 e. The molecule has 1 aromatic heterocycles. The van der Waals surface area contributed by atoms with Crippen LogP contribution in [0.4, 0.5) is 5.82 Å². The van der Waals surface area contributed by atoms with E-state index in [-0.39, 0.29) is 0 Å². The van der Waals surface area contributed by atoms with Gasteiger partial charge in [0, 0.05) is 6.04 Å². The lowest BCUT2D eigenvalue weighted by atomic mass is 10.0. The Morgan fingerprint density at radius 2 is 1.89 bits per heavy atom. The highest BCUT2D eigenvalue weighted by Crippen LogP contribution is 2.20. The maximum Gasteiger partial charge on any atom is 0.159 e. The summed E-state index contributed by atoms with van der Waals surface area (Å²) in [5.74, 6) is 1.32. The predicted molar refractivity (Wildman–Crippen MR) is 79.9 cm³/mol. The number of aromatic nitrogens is 2. The van der Waals surface area contributed by atoms with Gasteiger partial charge >= 0.3 is 0 Å². The molecule has 0 aliphatic carbocycles. The summed E-state index contributed by atoms with van der Waals surface area (Å²) in [7, 11) is 0. The average Bonchev–Trinajstić information content (AvgIpc) is 2.21. The summed E-state index contributed by atoms with van der Waals surface area (Å²) in [5.41, 5.74) is 8.46. The van der Waals surface area contributed by atoms with Gasteiger partial charge in [0.15, 0.2) is 5.82 Å². The Morgan fingerprint density at radius 1 is 1.28 bits per heavy atom. The Morgan fingerprint density at radius 3 is 2.39 bits per heavy atom. The molecule has 0 bridgehead atoms. The standard InChI is InChI=1S/C13H22N4S/c1-7(2)6-8(3)15-13-11(12(14)18)9(4)10(5)16-17-13/h7-8H,6H2,1-5H3,(H2,14,18)(H,15,17). The molecule has 1 atom stereocenters. The smallest absolute Gasteiger partial charge is 0.159 e. The van der Waals surface area contributed by atoms with Crippen LogP contribution in [-0.4, -0.2) is 21.2 Å². The van der Waals surface area contributed by atoms with Gasteiger partial charge in [0.05, 0.1) is 11.3 Å². The third-order valence-electron chi connectivity index (χ3n) is 2.91. The molecule has 18 heavy (non-hydrogen) atoms. The van der Waals surface area contributed by atoms with Crippen molar-refractivity contribution in [2.75, 3.05) is 5.32 Å². The zero-order chi connectivity index (χ0) is 13.9. The van der Waals surface area contributed by atoms with E-state index in [9.17, 15) is 0 Å². The molecule has 100 valence electrons. The number of aryl methyl sites for hydroxylation is 1. The van der Waals surface area contributed by atoms with Crippen molar-refractivity contribution in [1.82, 2.24) is 10.2 Å². The number of thiocarbonyl (C=S) groups is 1. The van der Waals surface area contributed by atoms with Crippen molar-refractivity contribution in [2.45, 2.75) is 47.1 Å². The van der Waals surface area contributed by atoms with E-state index in [4.69, 9.17) is 18.0 Å². The number of hydrogen-bond acceptors (Lipinski definition) is 4. The number of anilines is 1. The van der Waals surface area contributed by atoms with E-state index < -0.39 is 0 Å². The summed E-state index contributed by atoms with van der Waals surface area (Å²) >= 11 is 5.11. The molecular weight excluding hydrogens is 244 g/mol. The number of nitrogens with one attached hydrogen (secondary N) is 1. The molecule has 1 heterocycles. The molecule has 0 aliphatic heterocycles. The average molecular weight is 266 g/mol. The Hall–Kier alpha value is -1.23. The van der Waals surface area contributed by atoms with E-state index in [0.29, 0.717) is 22.8 Å². The van der Waals surface area contributed by atoms with E-state index >= 15 is 0 Å². The van der Waals surface area contributed by atoms with Gasteiger partial charge in [-0.2, -0.15) is 5.10 Å². The molecule has 3 N–H and O–H groups in total. The predicted octanol–water partition coefficient (Wildman–Crippen LogP) is 2.57. The van der Waals surface area contributed by atoms with Crippen molar-refractivity contribution < 1.29 is 0 Å². The maximum atomic E-state index is 5.78. The third-order valence-corrected chi connectivity index (χ3v) is 3.11. The minimum absolute atomic E-state index is 0.314. The van der Waals surface area contributed by atoms with Gasteiger partial charge < -0.3 is 11.1 Å². The summed E-state index contributed by atoms with van der Waals surface area (Å²) in [4.78, 5) is 0.366. The fourth-order valence-corrected chi connectivity index (χ4v) is 2.26. The minimum atomic E-state index is 0.314. The van der Waals surface area contributed by atoms with Crippen LogP contribution in [0.2, 0.25) is 0 Å². The van der Waals surface area contributed by atoms with Crippen molar-refractivity contribution in [3.8, 4) is 0 Å². The van der Waals surface area contributed by atoms with E-state index in [2.05, 4.69) is 36.3 Å². The second kappa shape index (κ2) is 6.09. The van der Waals surface area contributed by atoms with E-state index in [1.54, 1.807) is 0 Å². The molecule has 1 aromatic rings. The summed E-state index contributed by atoms with van der Waals surface area (Å²) in [6.07, 6.45) is 1.06. The van der Waals surface area contributed by atoms with Crippen LogP contribution in [0, 0.1) is 19.8 Å². The van der Waals surface area contributed by atoms with Gasteiger partial charge in [-0.1, -0.05) is 26.1 Å². The SMILES string of the molecule is Cc1nnc(NC(C)CC(C)C)c(C(N)=S)c1C. The first-order valence-electron chi connectivity index (χ1n) is 6.23. The van der Waals surface area contributed by atoms with Gasteiger partial charge in [0.2, 0.25) is 0 Å². The zero-order valence-corrected chi connectivity index (χ0v) is 12.6. The first-order valence-corrected chi connectivity index (χ1v) is 6.64. The summed E-state index contributed by atoms with van der Waals surface area (Å²) in [5, 5.41) is 11.7. The molecule has 0 aromatic carbocycles. The van der Waals surface area contributed by atoms with E-state index in [1.165, 1.54) is 0 Å². The molecule has 0 radical (unpaired) electrons. The van der Waals surface area contributed by atoms with Crippen LogP contribution in [0.5, 0.6) is 0 Å². The molecule has 0 amide bonds. The lowest BCUT2D eigenvalue weighted by molar-refractivity contribution is 0.538. The highest BCUT2D eigenvalue weighted by Gasteiger charge is 2.15. The first kappa shape index (κ1) is 14.8. The Labute approximate surface area is 114 Å². The second-order valence-electron chi connectivity index (χ2n) is 5.17. The first-order chi connectivity index (χ1) is 8.32. The van der Waals surface area contributed by atoms with E-state index in [1.807, 2.05) is 13.8 Å². The van der Waals surface area contributed by atoms with Crippen molar-refractivity contribution in [3.05, 3.63) is 16.8 Å². The molecule has 1 rings (SSSR count). The molecule has 0 aliphatic rings. The number of nitrogens with zero attached hydrogens (tertiary/aromatic N) is 2. The normalized spacial score (nSPS) is 12.6. The van der Waals surface area contributed by atoms with Crippen LogP contribution in [0.1, 0.15) is 44.0 Å². The van der Waals surface area contributed by atoms with Gasteiger partial charge in [-0.05, 0) is 38.7 Å². The summed E-state index contributed by atoms with van der Waals surface area (Å²) in [6.45, 7) is 10.4.